The zero-order valence-electron chi connectivity index (χ0n) is 10.5. The van der Waals surface area contributed by atoms with Gasteiger partial charge in [-0.3, -0.25) is 4.79 Å². The Bertz CT molecular complexity index is 412. The first-order chi connectivity index (χ1) is 8.79. The third kappa shape index (κ3) is 3.61. The Hall–Kier alpha value is -1.27. The van der Waals surface area contributed by atoms with Crippen LogP contribution in [0, 0.1) is 18.3 Å². The van der Waals surface area contributed by atoms with Crippen LogP contribution < -0.4 is 5.32 Å². The van der Waals surface area contributed by atoms with Crippen molar-refractivity contribution in [3.8, 4) is 12.3 Å². The van der Waals surface area contributed by atoms with E-state index in [2.05, 4.69) is 11.2 Å². The van der Waals surface area contributed by atoms with Gasteiger partial charge >= 0.3 is 0 Å². The van der Waals surface area contributed by atoms with E-state index >= 15 is 0 Å². The van der Waals surface area contributed by atoms with Crippen LogP contribution in [-0.2, 0) is 0 Å². The van der Waals surface area contributed by atoms with Gasteiger partial charge in [-0.15, -0.1) is 6.42 Å². The summed E-state index contributed by atoms with van der Waals surface area (Å²) < 4.78 is 0. The lowest BCUT2D eigenvalue weighted by Gasteiger charge is -2.24. The Morgan fingerprint density at radius 2 is 2.28 bits per heavy atom. The molecule has 0 radical (unpaired) electrons. The number of rotatable bonds is 4. The molecule has 0 aliphatic heterocycles. The number of carbonyl (C=O) groups excluding carboxylic acids is 1. The summed E-state index contributed by atoms with van der Waals surface area (Å²) in [6, 6.07) is 1.70. The first-order valence-electron chi connectivity index (χ1n) is 6.59. The molecule has 3 heteroatoms. The number of hydrogen-bond acceptors (Lipinski definition) is 2. The first-order valence-corrected chi connectivity index (χ1v) is 7.53. The van der Waals surface area contributed by atoms with Crippen molar-refractivity contribution in [2.75, 3.05) is 0 Å². The van der Waals surface area contributed by atoms with E-state index in [0.29, 0.717) is 11.5 Å². The number of amides is 1. The Morgan fingerprint density at radius 3 is 2.89 bits per heavy atom. The van der Waals surface area contributed by atoms with E-state index in [4.69, 9.17) is 6.42 Å². The molecule has 1 aromatic rings. The standard InChI is InChI=1S/C15H19NOS/c1-2-14(10-12-6-4-3-5-7-12)16-15(17)13-8-9-18-11-13/h1,8-9,11-12,14H,3-7,10H2,(H,16,17)/t14-/m1/s1. The molecule has 18 heavy (non-hydrogen) atoms. The van der Waals surface area contributed by atoms with Crippen LogP contribution >= 0.6 is 11.3 Å². The van der Waals surface area contributed by atoms with Crippen molar-refractivity contribution in [1.29, 1.82) is 0 Å². The quantitative estimate of drug-likeness (QED) is 0.826. The molecule has 96 valence electrons. The molecular weight excluding hydrogens is 242 g/mol. The van der Waals surface area contributed by atoms with Crippen LogP contribution in [0.2, 0.25) is 0 Å². The third-order valence-electron chi connectivity index (χ3n) is 3.58. The summed E-state index contributed by atoms with van der Waals surface area (Å²) in [5.74, 6) is 3.35. The van der Waals surface area contributed by atoms with Crippen LogP contribution in [0.4, 0.5) is 0 Å². The molecule has 1 fully saturated rings. The fourth-order valence-electron chi connectivity index (χ4n) is 2.56. The van der Waals surface area contributed by atoms with Gasteiger partial charge in [-0.05, 0) is 23.8 Å². The maximum Gasteiger partial charge on any atom is 0.253 e. The van der Waals surface area contributed by atoms with E-state index in [1.807, 2.05) is 16.8 Å². The van der Waals surface area contributed by atoms with Gasteiger partial charge in [0, 0.05) is 5.38 Å². The molecule has 1 aliphatic carbocycles. The van der Waals surface area contributed by atoms with Crippen molar-refractivity contribution in [2.24, 2.45) is 5.92 Å². The minimum absolute atomic E-state index is 0.0463. The summed E-state index contributed by atoms with van der Waals surface area (Å²) in [6.45, 7) is 0. The third-order valence-corrected chi connectivity index (χ3v) is 4.27. The van der Waals surface area contributed by atoms with Crippen molar-refractivity contribution in [3.63, 3.8) is 0 Å². The maximum absolute atomic E-state index is 11.9. The minimum Gasteiger partial charge on any atom is -0.338 e. The molecule has 0 aromatic carbocycles. The Kier molecular flexibility index (Phi) is 4.83. The molecular formula is C15H19NOS. The smallest absolute Gasteiger partial charge is 0.253 e. The lowest BCUT2D eigenvalue weighted by Crippen LogP contribution is -2.35. The fourth-order valence-corrected chi connectivity index (χ4v) is 3.20. The molecule has 1 N–H and O–H groups in total. The van der Waals surface area contributed by atoms with Gasteiger partial charge in [0.2, 0.25) is 0 Å². The van der Waals surface area contributed by atoms with E-state index in [9.17, 15) is 4.79 Å². The average Bonchev–Trinajstić information content (AvgIpc) is 2.93. The largest absolute Gasteiger partial charge is 0.338 e. The van der Waals surface area contributed by atoms with Crippen molar-refractivity contribution in [1.82, 2.24) is 5.32 Å². The van der Waals surface area contributed by atoms with Crippen molar-refractivity contribution >= 4 is 17.2 Å². The topological polar surface area (TPSA) is 29.1 Å². The second kappa shape index (κ2) is 6.61. The highest BCUT2D eigenvalue weighted by molar-refractivity contribution is 7.08. The monoisotopic (exact) mass is 261 g/mol. The molecule has 2 rings (SSSR count). The normalized spacial score (nSPS) is 17.9. The molecule has 1 heterocycles. The van der Waals surface area contributed by atoms with Crippen LogP contribution in [0.3, 0.4) is 0 Å². The van der Waals surface area contributed by atoms with Crippen molar-refractivity contribution in [2.45, 2.75) is 44.6 Å². The summed E-state index contributed by atoms with van der Waals surface area (Å²) in [5.41, 5.74) is 0.712. The van der Waals surface area contributed by atoms with Gasteiger partial charge in [0.1, 0.15) is 0 Å². The highest BCUT2D eigenvalue weighted by Gasteiger charge is 2.19. The van der Waals surface area contributed by atoms with Gasteiger partial charge < -0.3 is 5.32 Å². The molecule has 2 nitrogen and oxygen atoms in total. The molecule has 0 bridgehead atoms. The summed E-state index contributed by atoms with van der Waals surface area (Å²) in [7, 11) is 0. The minimum atomic E-state index is -0.125. The van der Waals surface area contributed by atoms with Crippen LogP contribution in [0.25, 0.3) is 0 Å². The SMILES string of the molecule is C#C[C@H](CC1CCCCC1)NC(=O)c1ccsc1. The van der Waals surface area contributed by atoms with Crippen LogP contribution in [0.1, 0.15) is 48.9 Å². The van der Waals surface area contributed by atoms with Gasteiger partial charge in [0.25, 0.3) is 5.91 Å². The lowest BCUT2D eigenvalue weighted by atomic mass is 9.85. The Morgan fingerprint density at radius 1 is 1.50 bits per heavy atom. The van der Waals surface area contributed by atoms with E-state index in [-0.39, 0.29) is 11.9 Å². The van der Waals surface area contributed by atoms with E-state index in [0.717, 1.165) is 6.42 Å². The van der Waals surface area contributed by atoms with Gasteiger partial charge in [0.15, 0.2) is 0 Å². The summed E-state index contributed by atoms with van der Waals surface area (Å²) >= 11 is 1.53. The van der Waals surface area contributed by atoms with Gasteiger partial charge in [-0.2, -0.15) is 11.3 Å². The highest BCUT2D eigenvalue weighted by atomic mass is 32.1. The van der Waals surface area contributed by atoms with Gasteiger partial charge in [0.05, 0.1) is 11.6 Å². The number of terminal acetylenes is 1. The van der Waals surface area contributed by atoms with Crippen molar-refractivity contribution < 1.29 is 4.79 Å². The molecule has 1 saturated carbocycles. The molecule has 0 unspecified atom stereocenters. The zero-order valence-corrected chi connectivity index (χ0v) is 11.3. The van der Waals surface area contributed by atoms with Crippen molar-refractivity contribution in [3.05, 3.63) is 22.4 Å². The first kappa shape index (κ1) is 13.2. The predicted molar refractivity (Wildman–Crippen MR) is 75.6 cm³/mol. The van der Waals surface area contributed by atoms with Crippen LogP contribution in [0.15, 0.2) is 16.8 Å². The number of thiophene rings is 1. The molecule has 1 atom stereocenters. The van der Waals surface area contributed by atoms with Gasteiger partial charge in [-0.1, -0.05) is 38.0 Å². The summed E-state index contributed by atoms with van der Waals surface area (Å²) in [6.07, 6.45) is 12.9. The van der Waals surface area contributed by atoms with Gasteiger partial charge in [-0.25, -0.2) is 0 Å². The van der Waals surface area contributed by atoms with Crippen LogP contribution in [0.5, 0.6) is 0 Å². The summed E-state index contributed by atoms with van der Waals surface area (Å²) in [4.78, 5) is 11.9. The second-order valence-corrected chi connectivity index (χ2v) is 5.72. The molecule has 1 aliphatic rings. The number of carbonyl (C=O) groups is 1. The summed E-state index contributed by atoms with van der Waals surface area (Å²) in [5, 5.41) is 6.70. The predicted octanol–water partition coefficient (Wildman–Crippen LogP) is 3.45. The van der Waals surface area contributed by atoms with E-state index in [1.165, 1.54) is 43.4 Å². The van der Waals surface area contributed by atoms with Crippen LogP contribution in [-0.4, -0.2) is 11.9 Å². The fraction of sp³-hybridized carbons (Fsp3) is 0.533. The highest BCUT2D eigenvalue weighted by Crippen LogP contribution is 2.27. The van der Waals surface area contributed by atoms with E-state index in [1.54, 1.807) is 0 Å². The molecule has 1 aromatic heterocycles. The van der Waals surface area contributed by atoms with E-state index < -0.39 is 0 Å². The zero-order chi connectivity index (χ0) is 12.8. The Balaban J connectivity index is 1.85. The molecule has 0 spiro atoms. The average molecular weight is 261 g/mol. The maximum atomic E-state index is 11.9. The number of hydrogen-bond donors (Lipinski definition) is 1. The molecule has 1 amide bonds. The lowest BCUT2D eigenvalue weighted by molar-refractivity contribution is 0.0940. The second-order valence-electron chi connectivity index (χ2n) is 4.94. The molecule has 0 saturated heterocycles. The Labute approximate surface area is 113 Å². The number of nitrogens with one attached hydrogen (secondary N) is 1.